The lowest BCUT2D eigenvalue weighted by molar-refractivity contribution is -0.145. The van der Waals surface area contributed by atoms with E-state index in [1.54, 1.807) is 13.8 Å². The lowest BCUT2D eigenvalue weighted by Crippen LogP contribution is -2.55. The van der Waals surface area contributed by atoms with E-state index in [1.165, 1.54) is 24.3 Å². The number of carbonyl (C=O) groups is 1. The van der Waals surface area contributed by atoms with E-state index < -0.39 is 5.60 Å². The van der Waals surface area contributed by atoms with Crippen LogP contribution in [0.1, 0.15) is 20.8 Å². The summed E-state index contributed by atoms with van der Waals surface area (Å²) in [6.07, 6.45) is 0. The fraction of sp³-hybridized carbons (Fsp3) is 0.409. The maximum absolute atomic E-state index is 13.1. The molecule has 5 nitrogen and oxygen atoms in total. The number of rotatable bonds is 6. The van der Waals surface area contributed by atoms with Gasteiger partial charge in [-0.3, -0.25) is 4.79 Å². The molecule has 1 heterocycles. The van der Waals surface area contributed by atoms with Crippen molar-refractivity contribution in [3.63, 3.8) is 0 Å². The zero-order chi connectivity index (χ0) is 20.1. The van der Waals surface area contributed by atoms with Gasteiger partial charge in [0.1, 0.15) is 17.3 Å². The highest BCUT2D eigenvalue weighted by Gasteiger charge is 2.36. The molecule has 0 aliphatic carbocycles. The Morgan fingerprint density at radius 1 is 1.04 bits per heavy atom. The Morgan fingerprint density at radius 2 is 1.68 bits per heavy atom. The van der Waals surface area contributed by atoms with E-state index in [9.17, 15) is 9.18 Å². The molecule has 0 N–H and O–H groups in total. The standard InChI is InChI=1S/C22H27FN2O3/c1-4-27-20-8-6-5-7-19(20)24-13-15-25(16-14-24)21(26)22(2,3)28-18-11-9-17(23)10-12-18/h5-12H,4,13-16H2,1-3H3. The number of nitrogens with zero attached hydrogens (tertiary/aromatic N) is 2. The second kappa shape index (κ2) is 8.50. The van der Waals surface area contributed by atoms with Crippen LogP contribution in [0.5, 0.6) is 11.5 Å². The fourth-order valence-corrected chi connectivity index (χ4v) is 3.37. The van der Waals surface area contributed by atoms with Crippen LogP contribution in [0.3, 0.4) is 0 Å². The molecule has 0 aromatic heterocycles. The molecule has 0 spiro atoms. The lowest BCUT2D eigenvalue weighted by atomic mass is 10.1. The molecule has 1 fully saturated rings. The summed E-state index contributed by atoms with van der Waals surface area (Å²) in [7, 11) is 0. The van der Waals surface area contributed by atoms with E-state index >= 15 is 0 Å². The Bertz CT molecular complexity index is 800. The summed E-state index contributed by atoms with van der Waals surface area (Å²) in [5.41, 5.74) is 0.0294. The lowest BCUT2D eigenvalue weighted by Gasteiger charge is -2.39. The number of benzene rings is 2. The molecule has 0 unspecified atom stereocenters. The normalized spacial score (nSPS) is 14.7. The highest BCUT2D eigenvalue weighted by Crippen LogP contribution is 2.29. The van der Waals surface area contributed by atoms with Crippen molar-refractivity contribution in [2.45, 2.75) is 26.4 Å². The maximum Gasteiger partial charge on any atom is 0.266 e. The van der Waals surface area contributed by atoms with Crippen molar-refractivity contribution in [2.24, 2.45) is 0 Å². The number of amides is 1. The molecule has 0 saturated carbocycles. The van der Waals surface area contributed by atoms with Crippen LogP contribution in [-0.4, -0.2) is 49.2 Å². The van der Waals surface area contributed by atoms with E-state index in [0.29, 0.717) is 25.4 Å². The predicted molar refractivity (Wildman–Crippen MR) is 108 cm³/mol. The second-order valence-corrected chi connectivity index (χ2v) is 7.25. The first-order valence-corrected chi connectivity index (χ1v) is 9.61. The van der Waals surface area contributed by atoms with Gasteiger partial charge in [0, 0.05) is 26.2 Å². The highest BCUT2D eigenvalue weighted by molar-refractivity contribution is 5.85. The van der Waals surface area contributed by atoms with E-state index in [1.807, 2.05) is 36.1 Å². The van der Waals surface area contributed by atoms with Crippen molar-refractivity contribution in [1.29, 1.82) is 0 Å². The van der Waals surface area contributed by atoms with Crippen molar-refractivity contribution in [3.05, 3.63) is 54.3 Å². The van der Waals surface area contributed by atoms with Crippen LogP contribution in [0.25, 0.3) is 0 Å². The van der Waals surface area contributed by atoms with E-state index in [2.05, 4.69) is 4.90 Å². The van der Waals surface area contributed by atoms with Crippen molar-refractivity contribution < 1.29 is 18.7 Å². The zero-order valence-corrected chi connectivity index (χ0v) is 16.7. The van der Waals surface area contributed by atoms with Gasteiger partial charge in [0.2, 0.25) is 0 Å². The monoisotopic (exact) mass is 386 g/mol. The van der Waals surface area contributed by atoms with Gasteiger partial charge in [-0.25, -0.2) is 4.39 Å². The molecule has 3 rings (SSSR count). The molecule has 0 radical (unpaired) electrons. The molecule has 28 heavy (non-hydrogen) atoms. The fourth-order valence-electron chi connectivity index (χ4n) is 3.37. The Hall–Kier alpha value is -2.76. The Morgan fingerprint density at radius 3 is 2.32 bits per heavy atom. The minimum Gasteiger partial charge on any atom is -0.492 e. The van der Waals surface area contributed by atoms with Gasteiger partial charge in [-0.1, -0.05) is 12.1 Å². The van der Waals surface area contributed by atoms with Crippen molar-refractivity contribution in [3.8, 4) is 11.5 Å². The number of para-hydroxylation sites is 2. The topological polar surface area (TPSA) is 42.0 Å². The Labute approximate surface area is 165 Å². The Kier molecular flexibility index (Phi) is 6.07. The minimum absolute atomic E-state index is 0.0745. The summed E-state index contributed by atoms with van der Waals surface area (Å²) < 4.78 is 24.6. The first-order chi connectivity index (χ1) is 13.4. The maximum atomic E-state index is 13.1. The van der Waals surface area contributed by atoms with Crippen molar-refractivity contribution in [1.82, 2.24) is 4.90 Å². The van der Waals surface area contributed by atoms with E-state index in [-0.39, 0.29) is 11.7 Å². The van der Waals surface area contributed by atoms with Crippen LogP contribution < -0.4 is 14.4 Å². The molecule has 0 atom stereocenters. The Balaban J connectivity index is 1.62. The quantitative estimate of drug-likeness (QED) is 0.759. The summed E-state index contributed by atoms with van der Waals surface area (Å²) >= 11 is 0. The molecule has 1 saturated heterocycles. The second-order valence-electron chi connectivity index (χ2n) is 7.25. The van der Waals surface area contributed by atoms with Crippen LogP contribution in [0, 0.1) is 5.82 Å². The summed E-state index contributed by atoms with van der Waals surface area (Å²) in [4.78, 5) is 17.0. The van der Waals surface area contributed by atoms with Gasteiger partial charge in [-0.2, -0.15) is 0 Å². The van der Waals surface area contributed by atoms with E-state index in [4.69, 9.17) is 9.47 Å². The number of hydrogen-bond acceptors (Lipinski definition) is 4. The average Bonchev–Trinajstić information content (AvgIpc) is 2.70. The largest absolute Gasteiger partial charge is 0.492 e. The third kappa shape index (κ3) is 4.55. The molecule has 2 aromatic rings. The number of piperazine rings is 1. The third-order valence-corrected chi connectivity index (χ3v) is 4.77. The van der Waals surface area contributed by atoms with Crippen molar-refractivity contribution in [2.75, 3.05) is 37.7 Å². The first kappa shape index (κ1) is 20.0. The molecular formula is C22H27FN2O3. The van der Waals surface area contributed by atoms with Crippen LogP contribution in [-0.2, 0) is 4.79 Å². The van der Waals surface area contributed by atoms with Crippen LogP contribution in [0.4, 0.5) is 10.1 Å². The molecule has 150 valence electrons. The van der Waals surface area contributed by atoms with Crippen LogP contribution >= 0.6 is 0 Å². The van der Waals surface area contributed by atoms with Gasteiger partial charge in [-0.05, 0) is 57.2 Å². The van der Waals surface area contributed by atoms with Gasteiger partial charge in [0.25, 0.3) is 5.91 Å². The SMILES string of the molecule is CCOc1ccccc1N1CCN(C(=O)C(C)(C)Oc2ccc(F)cc2)CC1. The van der Waals surface area contributed by atoms with E-state index in [0.717, 1.165) is 24.5 Å². The third-order valence-electron chi connectivity index (χ3n) is 4.77. The van der Waals surface area contributed by atoms with Gasteiger partial charge < -0.3 is 19.3 Å². The molecular weight excluding hydrogens is 359 g/mol. The summed E-state index contributed by atoms with van der Waals surface area (Å²) in [5.74, 6) is 0.934. The van der Waals surface area contributed by atoms with Gasteiger partial charge in [0.05, 0.1) is 12.3 Å². The minimum atomic E-state index is -1.02. The average molecular weight is 386 g/mol. The number of hydrogen-bond donors (Lipinski definition) is 0. The first-order valence-electron chi connectivity index (χ1n) is 9.61. The molecule has 0 bridgehead atoms. The smallest absolute Gasteiger partial charge is 0.266 e. The number of ether oxygens (including phenoxy) is 2. The van der Waals surface area contributed by atoms with Crippen LogP contribution in [0.15, 0.2) is 48.5 Å². The van der Waals surface area contributed by atoms with Gasteiger partial charge >= 0.3 is 0 Å². The van der Waals surface area contributed by atoms with Crippen molar-refractivity contribution >= 4 is 11.6 Å². The molecule has 1 aliphatic rings. The molecule has 1 amide bonds. The van der Waals surface area contributed by atoms with Gasteiger partial charge in [-0.15, -0.1) is 0 Å². The summed E-state index contributed by atoms with van der Waals surface area (Å²) in [6.45, 7) is 8.74. The molecule has 6 heteroatoms. The number of halogens is 1. The zero-order valence-electron chi connectivity index (χ0n) is 16.7. The molecule has 2 aromatic carbocycles. The summed E-state index contributed by atoms with van der Waals surface area (Å²) in [6, 6.07) is 13.7. The highest BCUT2D eigenvalue weighted by atomic mass is 19.1. The number of anilines is 1. The predicted octanol–water partition coefficient (Wildman–Crippen LogP) is 3.73. The van der Waals surface area contributed by atoms with Gasteiger partial charge in [0.15, 0.2) is 5.60 Å². The number of carbonyl (C=O) groups excluding carboxylic acids is 1. The molecule has 1 aliphatic heterocycles. The van der Waals surface area contributed by atoms with Crippen LogP contribution in [0.2, 0.25) is 0 Å². The summed E-state index contributed by atoms with van der Waals surface area (Å²) in [5, 5.41) is 0.